The van der Waals surface area contributed by atoms with Crippen LogP contribution in [0.5, 0.6) is 0 Å². The summed E-state index contributed by atoms with van der Waals surface area (Å²) in [5.41, 5.74) is 7.21. The lowest BCUT2D eigenvalue weighted by atomic mass is 10.00. The number of carbonyl (C=O) groups is 1. The van der Waals surface area contributed by atoms with E-state index in [-0.39, 0.29) is 5.91 Å². The van der Waals surface area contributed by atoms with Crippen molar-refractivity contribution in [2.45, 2.75) is 33.9 Å². The van der Waals surface area contributed by atoms with Crippen molar-refractivity contribution in [1.29, 1.82) is 0 Å². The first-order valence-electron chi connectivity index (χ1n) is 7.59. The fraction of sp³-hybridized carbons (Fsp3) is 0.316. The standard InChI is InChI=1S/C19H24N2O/c1-13-9-14(2)18(15(3)10-13)12-21-11-16-5-7-17(8-6-16)19(22)20-4/h5-10,21H,11-12H2,1-4H3,(H,20,22). The van der Waals surface area contributed by atoms with Gasteiger partial charge in [0.05, 0.1) is 0 Å². The van der Waals surface area contributed by atoms with Gasteiger partial charge >= 0.3 is 0 Å². The summed E-state index contributed by atoms with van der Waals surface area (Å²) in [5, 5.41) is 6.11. The molecule has 3 nitrogen and oxygen atoms in total. The first-order chi connectivity index (χ1) is 10.5. The zero-order chi connectivity index (χ0) is 16.1. The molecule has 2 rings (SSSR count). The zero-order valence-electron chi connectivity index (χ0n) is 13.8. The molecule has 0 spiro atoms. The number of benzene rings is 2. The van der Waals surface area contributed by atoms with Crippen LogP contribution in [0.4, 0.5) is 0 Å². The van der Waals surface area contributed by atoms with E-state index in [1.807, 2.05) is 24.3 Å². The molecule has 0 radical (unpaired) electrons. The maximum atomic E-state index is 11.5. The highest BCUT2D eigenvalue weighted by atomic mass is 16.1. The van der Waals surface area contributed by atoms with Crippen LogP contribution in [-0.4, -0.2) is 13.0 Å². The van der Waals surface area contributed by atoms with Crippen molar-refractivity contribution in [3.8, 4) is 0 Å². The van der Waals surface area contributed by atoms with E-state index in [2.05, 4.69) is 43.5 Å². The van der Waals surface area contributed by atoms with Gasteiger partial charge in [0.2, 0.25) is 0 Å². The van der Waals surface area contributed by atoms with Crippen molar-refractivity contribution in [2.75, 3.05) is 7.05 Å². The van der Waals surface area contributed by atoms with Crippen LogP contribution in [-0.2, 0) is 13.1 Å². The Kier molecular flexibility index (Phi) is 5.34. The molecule has 0 aromatic heterocycles. The number of amides is 1. The van der Waals surface area contributed by atoms with Crippen LogP contribution in [0.25, 0.3) is 0 Å². The molecule has 0 atom stereocenters. The van der Waals surface area contributed by atoms with Gasteiger partial charge in [0.1, 0.15) is 0 Å². The lowest BCUT2D eigenvalue weighted by Crippen LogP contribution is -2.18. The highest BCUT2D eigenvalue weighted by Crippen LogP contribution is 2.16. The Morgan fingerprint density at radius 3 is 2.09 bits per heavy atom. The fourth-order valence-corrected chi connectivity index (χ4v) is 2.74. The second-order valence-electron chi connectivity index (χ2n) is 5.76. The molecule has 3 heteroatoms. The number of nitrogens with one attached hydrogen (secondary N) is 2. The second-order valence-corrected chi connectivity index (χ2v) is 5.76. The molecule has 2 aromatic rings. The molecule has 0 saturated heterocycles. The van der Waals surface area contributed by atoms with Gasteiger partial charge in [-0.3, -0.25) is 4.79 Å². The molecule has 0 saturated carbocycles. The third-order valence-electron chi connectivity index (χ3n) is 3.91. The van der Waals surface area contributed by atoms with Crippen LogP contribution >= 0.6 is 0 Å². The molecule has 1 amide bonds. The normalized spacial score (nSPS) is 10.5. The summed E-state index contributed by atoms with van der Waals surface area (Å²) in [6.07, 6.45) is 0. The molecule has 22 heavy (non-hydrogen) atoms. The van der Waals surface area contributed by atoms with Crippen LogP contribution in [0.3, 0.4) is 0 Å². The molecule has 0 aliphatic heterocycles. The Bertz CT molecular complexity index is 637. The largest absolute Gasteiger partial charge is 0.355 e. The van der Waals surface area contributed by atoms with E-state index in [0.29, 0.717) is 5.56 Å². The highest BCUT2D eigenvalue weighted by Gasteiger charge is 2.05. The molecule has 0 aliphatic carbocycles. The summed E-state index contributed by atoms with van der Waals surface area (Å²) in [6.45, 7) is 8.10. The van der Waals surface area contributed by atoms with Crippen molar-refractivity contribution < 1.29 is 4.79 Å². The van der Waals surface area contributed by atoms with Crippen molar-refractivity contribution in [3.05, 3.63) is 69.8 Å². The van der Waals surface area contributed by atoms with E-state index in [9.17, 15) is 4.79 Å². The minimum Gasteiger partial charge on any atom is -0.355 e. The van der Waals surface area contributed by atoms with Gasteiger partial charge in [-0.1, -0.05) is 29.8 Å². The van der Waals surface area contributed by atoms with Gasteiger partial charge in [-0.2, -0.15) is 0 Å². The Labute approximate surface area is 132 Å². The van der Waals surface area contributed by atoms with Gasteiger partial charge in [0.15, 0.2) is 0 Å². The van der Waals surface area contributed by atoms with Crippen LogP contribution in [0, 0.1) is 20.8 Å². The molecular weight excluding hydrogens is 272 g/mol. The van der Waals surface area contributed by atoms with Crippen molar-refractivity contribution in [3.63, 3.8) is 0 Å². The molecule has 0 bridgehead atoms. The van der Waals surface area contributed by atoms with E-state index in [1.54, 1.807) is 7.05 Å². The van der Waals surface area contributed by atoms with Gasteiger partial charge in [-0.05, 0) is 55.2 Å². The number of aryl methyl sites for hydroxylation is 3. The molecular formula is C19H24N2O. The van der Waals surface area contributed by atoms with Crippen molar-refractivity contribution in [1.82, 2.24) is 10.6 Å². The average Bonchev–Trinajstić information content (AvgIpc) is 2.49. The molecule has 116 valence electrons. The van der Waals surface area contributed by atoms with E-state index < -0.39 is 0 Å². The lowest BCUT2D eigenvalue weighted by Gasteiger charge is -2.12. The van der Waals surface area contributed by atoms with Crippen LogP contribution in [0.15, 0.2) is 36.4 Å². The number of rotatable bonds is 5. The van der Waals surface area contributed by atoms with E-state index >= 15 is 0 Å². The zero-order valence-corrected chi connectivity index (χ0v) is 13.8. The highest BCUT2D eigenvalue weighted by molar-refractivity contribution is 5.93. The quantitative estimate of drug-likeness (QED) is 0.889. The number of carbonyl (C=O) groups excluding carboxylic acids is 1. The third-order valence-corrected chi connectivity index (χ3v) is 3.91. The maximum Gasteiger partial charge on any atom is 0.251 e. The summed E-state index contributed by atoms with van der Waals surface area (Å²) in [6, 6.07) is 12.2. The van der Waals surface area contributed by atoms with Crippen LogP contribution in [0.2, 0.25) is 0 Å². The van der Waals surface area contributed by atoms with Gasteiger partial charge in [-0.25, -0.2) is 0 Å². The van der Waals surface area contributed by atoms with Crippen molar-refractivity contribution in [2.24, 2.45) is 0 Å². The van der Waals surface area contributed by atoms with Gasteiger partial charge in [0.25, 0.3) is 5.91 Å². The fourth-order valence-electron chi connectivity index (χ4n) is 2.74. The third kappa shape index (κ3) is 3.95. The van der Waals surface area contributed by atoms with E-state index in [1.165, 1.54) is 27.8 Å². The topological polar surface area (TPSA) is 41.1 Å². The Hall–Kier alpha value is -2.13. The minimum atomic E-state index is -0.0505. The van der Waals surface area contributed by atoms with Crippen LogP contribution < -0.4 is 10.6 Å². The van der Waals surface area contributed by atoms with Crippen molar-refractivity contribution >= 4 is 5.91 Å². The van der Waals surface area contributed by atoms with E-state index in [4.69, 9.17) is 0 Å². The maximum absolute atomic E-state index is 11.5. The Balaban J connectivity index is 1.95. The van der Waals surface area contributed by atoms with Gasteiger partial charge in [-0.15, -0.1) is 0 Å². The predicted octanol–water partition coefficient (Wildman–Crippen LogP) is 3.26. The molecule has 2 aromatic carbocycles. The van der Waals surface area contributed by atoms with E-state index in [0.717, 1.165) is 13.1 Å². The second kappa shape index (κ2) is 7.23. The summed E-state index contributed by atoms with van der Waals surface area (Å²) < 4.78 is 0. The SMILES string of the molecule is CNC(=O)c1ccc(CNCc2c(C)cc(C)cc2C)cc1. The van der Waals surface area contributed by atoms with Crippen LogP contribution in [0.1, 0.15) is 38.2 Å². The lowest BCUT2D eigenvalue weighted by molar-refractivity contribution is 0.0963. The first-order valence-corrected chi connectivity index (χ1v) is 7.59. The summed E-state index contributed by atoms with van der Waals surface area (Å²) in [5.74, 6) is -0.0505. The summed E-state index contributed by atoms with van der Waals surface area (Å²) in [4.78, 5) is 11.5. The number of hydrogen-bond donors (Lipinski definition) is 2. The Morgan fingerprint density at radius 2 is 1.55 bits per heavy atom. The molecule has 0 heterocycles. The molecule has 0 aliphatic rings. The van der Waals surface area contributed by atoms with Gasteiger partial charge in [0, 0.05) is 25.7 Å². The predicted molar refractivity (Wildman–Crippen MR) is 91.0 cm³/mol. The smallest absolute Gasteiger partial charge is 0.251 e. The Morgan fingerprint density at radius 1 is 0.955 bits per heavy atom. The minimum absolute atomic E-state index is 0.0505. The average molecular weight is 296 g/mol. The molecule has 0 fully saturated rings. The monoisotopic (exact) mass is 296 g/mol. The number of hydrogen-bond acceptors (Lipinski definition) is 2. The van der Waals surface area contributed by atoms with Gasteiger partial charge < -0.3 is 10.6 Å². The molecule has 2 N–H and O–H groups in total. The molecule has 0 unspecified atom stereocenters. The first kappa shape index (κ1) is 16.2. The summed E-state index contributed by atoms with van der Waals surface area (Å²) in [7, 11) is 1.64. The summed E-state index contributed by atoms with van der Waals surface area (Å²) >= 11 is 0.